The van der Waals surface area contributed by atoms with E-state index < -0.39 is 5.92 Å². The lowest BCUT2D eigenvalue weighted by Crippen LogP contribution is -2.30. The number of para-hydroxylation sites is 1. The fourth-order valence-electron chi connectivity index (χ4n) is 3.34. The van der Waals surface area contributed by atoms with Gasteiger partial charge in [-0.05, 0) is 47.9 Å². The Kier molecular flexibility index (Phi) is 5.67. The largest absolute Gasteiger partial charge is 0.426 e. The molecule has 4 nitrogen and oxygen atoms in total. The first-order chi connectivity index (χ1) is 14.1. The van der Waals surface area contributed by atoms with Gasteiger partial charge in [0.05, 0.1) is 11.6 Å². The molecule has 1 aliphatic heterocycles. The third-order valence-electron chi connectivity index (χ3n) is 4.86. The van der Waals surface area contributed by atoms with Crippen molar-refractivity contribution in [1.29, 1.82) is 0 Å². The Morgan fingerprint density at radius 2 is 1.62 bits per heavy atom. The minimum Gasteiger partial charge on any atom is -0.426 e. The van der Waals surface area contributed by atoms with E-state index in [-0.39, 0.29) is 11.9 Å². The first-order valence-electron chi connectivity index (χ1n) is 9.32. The maximum absolute atomic E-state index is 12.7. The highest BCUT2D eigenvalue weighted by molar-refractivity contribution is 9.10. The fourth-order valence-corrected chi connectivity index (χ4v) is 3.60. The first-order valence-corrected chi connectivity index (χ1v) is 10.1. The van der Waals surface area contributed by atoms with Crippen molar-refractivity contribution in [3.63, 3.8) is 0 Å². The van der Waals surface area contributed by atoms with Crippen LogP contribution in [0.15, 0.2) is 88.3 Å². The number of esters is 1. The number of hydrogen-bond acceptors (Lipinski definition) is 3. The molecular formula is C24H18BrNO3. The van der Waals surface area contributed by atoms with Crippen LogP contribution in [0.4, 0.5) is 0 Å². The summed E-state index contributed by atoms with van der Waals surface area (Å²) in [5, 5.41) is 0. The number of aliphatic imine (C=N–C) groups is 1. The van der Waals surface area contributed by atoms with Gasteiger partial charge in [-0.3, -0.25) is 9.59 Å². The molecule has 144 valence electrons. The molecule has 0 N–H and O–H groups in total. The van der Waals surface area contributed by atoms with Crippen LogP contribution in [-0.2, 0) is 11.2 Å². The number of hydrogen-bond donors (Lipinski definition) is 0. The minimum atomic E-state index is -0.393. The molecule has 0 unspecified atom stereocenters. The molecular weight excluding hydrogens is 430 g/mol. The lowest BCUT2D eigenvalue weighted by Gasteiger charge is -2.23. The predicted octanol–water partition coefficient (Wildman–Crippen LogP) is 5.25. The molecule has 3 aromatic carbocycles. The molecule has 0 radical (unpaired) electrons. The Balaban J connectivity index is 1.66. The van der Waals surface area contributed by atoms with Crippen LogP contribution in [0.2, 0.25) is 0 Å². The SMILES string of the molecule is O=C(N=C(C[C@@H]1Cc2ccccc2OC1=O)c1ccc(Br)cc1)c1ccccc1. The van der Waals surface area contributed by atoms with Crippen LogP contribution in [0.5, 0.6) is 5.75 Å². The van der Waals surface area contributed by atoms with Crippen molar-refractivity contribution in [1.82, 2.24) is 0 Å². The number of nitrogens with zero attached hydrogens (tertiary/aromatic N) is 1. The number of halogens is 1. The van der Waals surface area contributed by atoms with Gasteiger partial charge in [-0.1, -0.05) is 64.5 Å². The smallest absolute Gasteiger partial charge is 0.315 e. The van der Waals surface area contributed by atoms with E-state index in [0.717, 1.165) is 15.6 Å². The van der Waals surface area contributed by atoms with Gasteiger partial charge in [0.15, 0.2) is 0 Å². The minimum absolute atomic E-state index is 0.291. The lowest BCUT2D eigenvalue weighted by molar-refractivity contribution is -0.139. The van der Waals surface area contributed by atoms with Crippen LogP contribution in [0.25, 0.3) is 0 Å². The predicted molar refractivity (Wildman–Crippen MR) is 115 cm³/mol. The number of carbonyl (C=O) groups is 2. The van der Waals surface area contributed by atoms with Crippen molar-refractivity contribution in [2.24, 2.45) is 10.9 Å². The van der Waals surface area contributed by atoms with Crippen molar-refractivity contribution < 1.29 is 14.3 Å². The number of amides is 1. The molecule has 29 heavy (non-hydrogen) atoms. The van der Waals surface area contributed by atoms with Crippen LogP contribution in [-0.4, -0.2) is 17.6 Å². The molecule has 0 aromatic heterocycles. The fraction of sp³-hybridized carbons (Fsp3) is 0.125. The van der Waals surface area contributed by atoms with E-state index in [4.69, 9.17) is 4.74 Å². The van der Waals surface area contributed by atoms with Gasteiger partial charge in [0.1, 0.15) is 5.75 Å². The van der Waals surface area contributed by atoms with E-state index in [9.17, 15) is 9.59 Å². The molecule has 1 amide bonds. The Bertz CT molecular complexity index is 1070. The molecule has 1 heterocycles. The zero-order valence-corrected chi connectivity index (χ0v) is 17.1. The summed E-state index contributed by atoms with van der Waals surface area (Å²) < 4.78 is 6.44. The summed E-state index contributed by atoms with van der Waals surface area (Å²) in [5.74, 6) is -0.402. The van der Waals surface area contributed by atoms with Gasteiger partial charge in [-0.25, -0.2) is 4.99 Å². The van der Waals surface area contributed by atoms with Gasteiger partial charge in [0, 0.05) is 16.5 Å². The molecule has 0 aliphatic carbocycles. The highest BCUT2D eigenvalue weighted by atomic mass is 79.9. The van der Waals surface area contributed by atoms with Crippen LogP contribution in [0.3, 0.4) is 0 Å². The summed E-state index contributed by atoms with van der Waals surface area (Å²) in [6.07, 6.45) is 0.886. The summed E-state index contributed by atoms with van der Waals surface area (Å²) in [4.78, 5) is 29.7. The second kappa shape index (κ2) is 8.53. The summed E-state index contributed by atoms with van der Waals surface area (Å²) in [5.41, 5.74) is 2.89. The first kappa shape index (κ1) is 19.3. The van der Waals surface area contributed by atoms with Crippen LogP contribution < -0.4 is 4.74 Å². The Morgan fingerprint density at radius 1 is 0.931 bits per heavy atom. The quantitative estimate of drug-likeness (QED) is 0.311. The summed E-state index contributed by atoms with van der Waals surface area (Å²) >= 11 is 3.43. The molecule has 4 rings (SSSR count). The van der Waals surface area contributed by atoms with Crippen molar-refractivity contribution in [3.8, 4) is 5.75 Å². The van der Waals surface area contributed by atoms with Gasteiger partial charge in [0.25, 0.3) is 5.91 Å². The third-order valence-corrected chi connectivity index (χ3v) is 5.39. The summed E-state index contributed by atoms with van der Waals surface area (Å²) in [6.45, 7) is 0. The molecule has 0 spiro atoms. The molecule has 0 saturated carbocycles. The van der Waals surface area contributed by atoms with E-state index in [1.165, 1.54) is 0 Å². The average molecular weight is 448 g/mol. The van der Waals surface area contributed by atoms with Crippen molar-refractivity contribution >= 4 is 33.5 Å². The molecule has 0 bridgehead atoms. The zero-order chi connectivity index (χ0) is 20.2. The van der Waals surface area contributed by atoms with Crippen molar-refractivity contribution in [2.75, 3.05) is 0 Å². The van der Waals surface area contributed by atoms with Crippen molar-refractivity contribution in [2.45, 2.75) is 12.8 Å². The van der Waals surface area contributed by atoms with E-state index in [1.807, 2.05) is 48.5 Å². The van der Waals surface area contributed by atoms with Crippen LogP contribution >= 0.6 is 15.9 Å². The van der Waals surface area contributed by atoms with Gasteiger partial charge in [-0.2, -0.15) is 0 Å². The van der Waals surface area contributed by atoms with Crippen molar-refractivity contribution in [3.05, 3.63) is 100 Å². The maximum atomic E-state index is 12.7. The monoisotopic (exact) mass is 447 g/mol. The average Bonchev–Trinajstić information content (AvgIpc) is 2.75. The summed E-state index contributed by atoms with van der Waals surface area (Å²) in [7, 11) is 0. The molecule has 0 fully saturated rings. The molecule has 0 saturated heterocycles. The molecule has 1 atom stereocenters. The van der Waals surface area contributed by atoms with E-state index in [0.29, 0.717) is 29.9 Å². The second-order valence-corrected chi connectivity index (χ2v) is 7.79. The number of fused-ring (bicyclic) bond motifs is 1. The molecule has 3 aromatic rings. The van der Waals surface area contributed by atoms with Gasteiger partial charge >= 0.3 is 5.97 Å². The summed E-state index contributed by atoms with van der Waals surface area (Å²) in [6, 6.07) is 24.0. The third kappa shape index (κ3) is 4.51. The maximum Gasteiger partial charge on any atom is 0.315 e. The van der Waals surface area contributed by atoms with E-state index in [2.05, 4.69) is 20.9 Å². The highest BCUT2D eigenvalue weighted by Crippen LogP contribution is 2.30. The Hall–Kier alpha value is -3.05. The van der Waals surface area contributed by atoms with Crippen LogP contribution in [0, 0.1) is 5.92 Å². The number of carbonyl (C=O) groups excluding carboxylic acids is 2. The highest BCUT2D eigenvalue weighted by Gasteiger charge is 2.30. The van der Waals surface area contributed by atoms with Gasteiger partial charge < -0.3 is 4.74 Å². The Labute approximate surface area is 177 Å². The zero-order valence-electron chi connectivity index (χ0n) is 15.5. The normalized spacial score (nSPS) is 16.1. The standard InChI is InChI=1S/C24H18BrNO3/c25-20-12-10-16(11-13-20)21(26-23(27)17-6-2-1-3-7-17)15-19-14-18-8-4-5-9-22(18)29-24(19)28/h1-13,19H,14-15H2/t19-/m0/s1. The lowest BCUT2D eigenvalue weighted by atomic mass is 9.89. The van der Waals surface area contributed by atoms with E-state index >= 15 is 0 Å². The van der Waals surface area contributed by atoms with E-state index in [1.54, 1.807) is 30.3 Å². The number of ether oxygens (including phenoxy) is 1. The van der Waals surface area contributed by atoms with Gasteiger partial charge in [-0.15, -0.1) is 0 Å². The van der Waals surface area contributed by atoms with Gasteiger partial charge in [0.2, 0.25) is 0 Å². The number of benzene rings is 3. The topological polar surface area (TPSA) is 55.7 Å². The van der Waals surface area contributed by atoms with Crippen LogP contribution in [0.1, 0.15) is 27.9 Å². The second-order valence-electron chi connectivity index (χ2n) is 6.87. The number of rotatable bonds is 4. The molecule has 1 aliphatic rings. The Morgan fingerprint density at radius 3 is 2.38 bits per heavy atom. The molecule has 5 heteroatoms.